The van der Waals surface area contributed by atoms with Gasteiger partial charge in [0, 0.05) is 6.07 Å². The van der Waals surface area contributed by atoms with E-state index >= 15 is 0 Å². The number of rotatable bonds is 3. The standard InChI is InChI=1S/C9H10N2O3.BrH/c1-14-8(12)6-11-4-2-3-7(5-11)9(10)13;/h2-5H,6H2,1H3,(H-,10,13);1H. The molecule has 1 amide bonds. The molecule has 0 spiro atoms. The fourth-order valence-corrected chi connectivity index (χ4v) is 0.980. The third-order valence-electron chi connectivity index (χ3n) is 1.68. The van der Waals surface area contributed by atoms with E-state index in [1.54, 1.807) is 18.3 Å². The van der Waals surface area contributed by atoms with Gasteiger partial charge < -0.3 is 27.5 Å². The summed E-state index contributed by atoms with van der Waals surface area (Å²) in [6.45, 7) is 0.0671. The molecule has 0 saturated heterocycles. The first-order valence-corrected chi connectivity index (χ1v) is 3.99. The molecule has 1 heterocycles. The predicted molar refractivity (Wildman–Crippen MR) is 47.2 cm³/mol. The summed E-state index contributed by atoms with van der Waals surface area (Å²) in [5, 5.41) is 0. The SMILES string of the molecule is COC(=O)C[n+]1cccc(C(N)=O)c1.[Br-]. The van der Waals surface area contributed by atoms with E-state index in [0.29, 0.717) is 5.56 Å². The first-order valence-electron chi connectivity index (χ1n) is 3.99. The minimum absolute atomic E-state index is 0. The molecule has 0 aliphatic rings. The van der Waals surface area contributed by atoms with Gasteiger partial charge in [0.15, 0.2) is 12.4 Å². The average Bonchev–Trinajstić information content (AvgIpc) is 2.18. The van der Waals surface area contributed by atoms with Gasteiger partial charge in [-0.3, -0.25) is 4.79 Å². The summed E-state index contributed by atoms with van der Waals surface area (Å²) in [6.07, 6.45) is 3.16. The van der Waals surface area contributed by atoms with Crippen LogP contribution >= 0.6 is 0 Å². The number of hydrogen-bond acceptors (Lipinski definition) is 3. The van der Waals surface area contributed by atoms with Crippen molar-refractivity contribution >= 4 is 11.9 Å². The van der Waals surface area contributed by atoms with Crippen molar-refractivity contribution < 1.29 is 35.9 Å². The lowest BCUT2D eigenvalue weighted by atomic mass is 10.3. The Balaban J connectivity index is 0.00000196. The van der Waals surface area contributed by atoms with Crippen molar-refractivity contribution in [3.63, 3.8) is 0 Å². The van der Waals surface area contributed by atoms with Crippen molar-refractivity contribution in [1.82, 2.24) is 0 Å². The number of primary amides is 1. The Labute approximate surface area is 97.6 Å². The number of nitrogens with zero attached hydrogens (tertiary/aromatic N) is 1. The number of amides is 1. The number of hydrogen-bond donors (Lipinski definition) is 1. The van der Waals surface area contributed by atoms with E-state index in [1.165, 1.54) is 17.9 Å². The first kappa shape index (κ1) is 13.6. The summed E-state index contributed by atoms with van der Waals surface area (Å²) >= 11 is 0. The molecule has 0 aromatic carbocycles. The monoisotopic (exact) mass is 274 g/mol. The Morgan fingerprint density at radius 3 is 2.73 bits per heavy atom. The van der Waals surface area contributed by atoms with Crippen molar-refractivity contribution in [3.8, 4) is 0 Å². The van der Waals surface area contributed by atoms with Crippen LogP contribution in [0, 0.1) is 0 Å². The summed E-state index contributed by atoms with van der Waals surface area (Å²) in [5.74, 6) is -0.902. The van der Waals surface area contributed by atoms with Gasteiger partial charge in [-0.15, -0.1) is 0 Å². The maximum absolute atomic E-state index is 10.9. The van der Waals surface area contributed by atoms with Crippen LogP contribution < -0.4 is 27.3 Å². The second-order valence-corrected chi connectivity index (χ2v) is 2.71. The number of nitrogens with two attached hydrogens (primary N) is 1. The van der Waals surface area contributed by atoms with Crippen molar-refractivity contribution in [1.29, 1.82) is 0 Å². The van der Waals surface area contributed by atoms with Crippen LogP contribution in [-0.4, -0.2) is 19.0 Å². The molecular formula is C9H11BrN2O3. The average molecular weight is 275 g/mol. The molecule has 0 unspecified atom stereocenters. The molecule has 1 rings (SSSR count). The van der Waals surface area contributed by atoms with E-state index in [0.717, 1.165) is 0 Å². The zero-order valence-electron chi connectivity index (χ0n) is 8.14. The largest absolute Gasteiger partial charge is 1.00 e. The molecule has 15 heavy (non-hydrogen) atoms. The van der Waals surface area contributed by atoms with Crippen LogP contribution in [0.15, 0.2) is 24.5 Å². The van der Waals surface area contributed by atoms with Crippen molar-refractivity contribution in [3.05, 3.63) is 30.1 Å². The van der Waals surface area contributed by atoms with Gasteiger partial charge in [0.05, 0.1) is 7.11 Å². The van der Waals surface area contributed by atoms with Crippen LogP contribution in [0.2, 0.25) is 0 Å². The lowest BCUT2D eigenvalue weighted by Gasteiger charge is -1.96. The predicted octanol–water partition coefficient (Wildman–Crippen LogP) is -3.75. The van der Waals surface area contributed by atoms with E-state index in [9.17, 15) is 9.59 Å². The molecule has 2 N–H and O–H groups in total. The number of halogens is 1. The van der Waals surface area contributed by atoms with Crippen molar-refractivity contribution in [2.24, 2.45) is 5.73 Å². The highest BCUT2D eigenvalue weighted by Gasteiger charge is 2.11. The first-order chi connectivity index (χ1) is 6.63. The summed E-state index contributed by atoms with van der Waals surface area (Å²) in [7, 11) is 1.31. The molecule has 0 fully saturated rings. The molecule has 0 aliphatic heterocycles. The van der Waals surface area contributed by atoms with Crippen molar-refractivity contribution in [2.75, 3.05) is 7.11 Å². The lowest BCUT2D eigenvalue weighted by molar-refractivity contribution is -0.686. The lowest BCUT2D eigenvalue weighted by Crippen LogP contribution is -3.00. The number of carbonyl (C=O) groups is 2. The number of aromatic nitrogens is 1. The smallest absolute Gasteiger partial charge is 0.372 e. The summed E-state index contributed by atoms with van der Waals surface area (Å²) in [5.41, 5.74) is 5.44. The van der Waals surface area contributed by atoms with Gasteiger partial charge in [-0.1, -0.05) is 0 Å². The quantitative estimate of drug-likeness (QED) is 0.455. The third kappa shape index (κ3) is 4.07. The molecule has 6 heteroatoms. The Kier molecular flexibility index (Phi) is 5.54. The second kappa shape index (κ2) is 6.13. The summed E-state index contributed by atoms with van der Waals surface area (Å²) < 4.78 is 6.01. The highest BCUT2D eigenvalue weighted by atomic mass is 79.9. The Morgan fingerprint density at radius 1 is 1.53 bits per heavy atom. The molecule has 0 saturated carbocycles. The van der Waals surface area contributed by atoms with E-state index in [1.807, 2.05) is 0 Å². The van der Waals surface area contributed by atoms with Gasteiger partial charge in [0.1, 0.15) is 5.56 Å². The summed E-state index contributed by atoms with van der Waals surface area (Å²) in [6, 6.07) is 3.22. The molecule has 0 aliphatic carbocycles. The number of pyridine rings is 1. The van der Waals surface area contributed by atoms with Crippen LogP contribution in [0.3, 0.4) is 0 Å². The molecule has 0 bridgehead atoms. The van der Waals surface area contributed by atoms with Gasteiger partial charge in [-0.2, -0.15) is 4.57 Å². The highest BCUT2D eigenvalue weighted by Crippen LogP contribution is 1.91. The zero-order chi connectivity index (χ0) is 10.6. The van der Waals surface area contributed by atoms with E-state index < -0.39 is 5.91 Å². The fourth-order valence-electron chi connectivity index (χ4n) is 0.980. The van der Waals surface area contributed by atoms with Gasteiger partial charge in [-0.05, 0) is 6.07 Å². The van der Waals surface area contributed by atoms with Crippen LogP contribution in [0.5, 0.6) is 0 Å². The number of carbonyl (C=O) groups excluding carboxylic acids is 2. The van der Waals surface area contributed by atoms with Crippen molar-refractivity contribution in [2.45, 2.75) is 6.54 Å². The topological polar surface area (TPSA) is 73.3 Å². The highest BCUT2D eigenvalue weighted by molar-refractivity contribution is 5.92. The maximum Gasteiger partial charge on any atom is 0.372 e. The van der Waals surface area contributed by atoms with E-state index in [2.05, 4.69) is 4.74 Å². The zero-order valence-corrected chi connectivity index (χ0v) is 9.73. The molecule has 1 aromatic heterocycles. The van der Waals surface area contributed by atoms with Crippen LogP contribution in [0.25, 0.3) is 0 Å². The maximum atomic E-state index is 10.9. The molecule has 1 aromatic rings. The summed E-state index contributed by atoms with van der Waals surface area (Å²) in [4.78, 5) is 21.7. The minimum atomic E-state index is -0.524. The van der Waals surface area contributed by atoms with E-state index in [4.69, 9.17) is 5.73 Å². The van der Waals surface area contributed by atoms with Gasteiger partial charge in [0.2, 0.25) is 6.54 Å². The Morgan fingerprint density at radius 2 is 2.20 bits per heavy atom. The molecule has 0 radical (unpaired) electrons. The number of methoxy groups -OCH3 is 1. The Bertz CT molecular complexity index is 368. The molecule has 82 valence electrons. The van der Waals surface area contributed by atoms with Gasteiger partial charge >= 0.3 is 5.97 Å². The van der Waals surface area contributed by atoms with Gasteiger partial charge in [0.25, 0.3) is 5.91 Å². The number of ether oxygens (including phenoxy) is 1. The number of esters is 1. The van der Waals surface area contributed by atoms with Crippen LogP contribution in [-0.2, 0) is 16.1 Å². The minimum Gasteiger partial charge on any atom is -1.00 e. The normalized spacial score (nSPS) is 8.87. The second-order valence-electron chi connectivity index (χ2n) is 2.71. The Hall–Kier alpha value is -1.43. The van der Waals surface area contributed by atoms with Crippen LogP contribution in [0.1, 0.15) is 10.4 Å². The van der Waals surface area contributed by atoms with Gasteiger partial charge in [-0.25, -0.2) is 4.79 Å². The molecular weight excluding hydrogens is 264 g/mol. The molecule has 0 atom stereocenters. The van der Waals surface area contributed by atoms with E-state index in [-0.39, 0.29) is 29.5 Å². The van der Waals surface area contributed by atoms with Crippen LogP contribution in [0.4, 0.5) is 0 Å². The molecule has 5 nitrogen and oxygen atoms in total. The third-order valence-corrected chi connectivity index (χ3v) is 1.68. The fraction of sp³-hybridized carbons (Fsp3) is 0.222.